The SMILES string of the molecule is CNCCCC(=O)N1C[C@@H](c2ccccc2C)OC[C@@H]1C. The van der Waals surface area contributed by atoms with E-state index in [-0.39, 0.29) is 18.1 Å². The Kier molecular flexibility index (Phi) is 5.76. The van der Waals surface area contributed by atoms with Crippen LogP contribution in [0.15, 0.2) is 24.3 Å². The zero-order valence-electron chi connectivity index (χ0n) is 13.3. The molecule has 1 aromatic carbocycles. The van der Waals surface area contributed by atoms with Gasteiger partial charge in [0.2, 0.25) is 5.91 Å². The van der Waals surface area contributed by atoms with E-state index in [1.807, 2.05) is 24.1 Å². The number of amides is 1. The summed E-state index contributed by atoms with van der Waals surface area (Å²) >= 11 is 0. The van der Waals surface area contributed by atoms with Crippen LogP contribution < -0.4 is 5.32 Å². The molecule has 1 N–H and O–H groups in total. The van der Waals surface area contributed by atoms with Gasteiger partial charge in [0.1, 0.15) is 6.10 Å². The first-order chi connectivity index (χ1) is 10.1. The van der Waals surface area contributed by atoms with Gasteiger partial charge in [-0.25, -0.2) is 0 Å². The molecule has 1 saturated heterocycles. The lowest BCUT2D eigenvalue weighted by molar-refractivity contribution is -0.144. The van der Waals surface area contributed by atoms with E-state index in [9.17, 15) is 4.79 Å². The van der Waals surface area contributed by atoms with Gasteiger partial charge in [-0.05, 0) is 45.0 Å². The second kappa shape index (κ2) is 7.57. The number of morpholine rings is 1. The van der Waals surface area contributed by atoms with Crippen LogP contribution in [0.2, 0.25) is 0 Å². The van der Waals surface area contributed by atoms with E-state index in [2.05, 4.69) is 31.3 Å². The van der Waals surface area contributed by atoms with Crippen molar-refractivity contribution < 1.29 is 9.53 Å². The summed E-state index contributed by atoms with van der Waals surface area (Å²) in [6.45, 7) is 6.30. The molecule has 2 rings (SSSR count). The molecule has 1 aromatic rings. The Bertz CT molecular complexity index is 476. The molecule has 1 amide bonds. The highest BCUT2D eigenvalue weighted by molar-refractivity contribution is 5.76. The molecule has 1 aliphatic rings. The molecular weight excluding hydrogens is 264 g/mol. The van der Waals surface area contributed by atoms with E-state index in [0.717, 1.165) is 13.0 Å². The average Bonchev–Trinajstić information content (AvgIpc) is 2.48. The molecule has 1 fully saturated rings. The molecule has 0 bridgehead atoms. The fourth-order valence-corrected chi connectivity index (χ4v) is 2.80. The van der Waals surface area contributed by atoms with Gasteiger partial charge in [0.25, 0.3) is 0 Å². The number of benzene rings is 1. The average molecular weight is 290 g/mol. The molecule has 0 unspecified atom stereocenters. The van der Waals surface area contributed by atoms with Crippen molar-refractivity contribution in [3.63, 3.8) is 0 Å². The topological polar surface area (TPSA) is 41.6 Å². The molecular formula is C17H26N2O2. The number of nitrogens with zero attached hydrogens (tertiary/aromatic N) is 1. The number of nitrogens with one attached hydrogen (secondary N) is 1. The smallest absolute Gasteiger partial charge is 0.223 e. The summed E-state index contributed by atoms with van der Waals surface area (Å²) in [6, 6.07) is 8.41. The predicted octanol–water partition coefficient (Wildman–Crippen LogP) is 2.28. The zero-order chi connectivity index (χ0) is 15.2. The fourth-order valence-electron chi connectivity index (χ4n) is 2.80. The van der Waals surface area contributed by atoms with Crippen LogP contribution in [0, 0.1) is 6.92 Å². The molecule has 4 nitrogen and oxygen atoms in total. The van der Waals surface area contributed by atoms with Crippen molar-refractivity contribution in [2.45, 2.75) is 38.8 Å². The maximum atomic E-state index is 12.4. The Hall–Kier alpha value is -1.39. The van der Waals surface area contributed by atoms with E-state index >= 15 is 0 Å². The van der Waals surface area contributed by atoms with E-state index in [4.69, 9.17) is 4.74 Å². The molecule has 116 valence electrons. The van der Waals surface area contributed by atoms with Gasteiger partial charge in [0, 0.05) is 6.42 Å². The first-order valence-corrected chi connectivity index (χ1v) is 7.74. The van der Waals surface area contributed by atoms with Crippen molar-refractivity contribution in [1.82, 2.24) is 10.2 Å². The summed E-state index contributed by atoms with van der Waals surface area (Å²) < 4.78 is 5.96. The molecule has 1 aliphatic heterocycles. The predicted molar refractivity (Wildman–Crippen MR) is 84.2 cm³/mol. The highest BCUT2D eigenvalue weighted by Crippen LogP contribution is 2.27. The third-order valence-electron chi connectivity index (χ3n) is 4.11. The maximum Gasteiger partial charge on any atom is 0.223 e. The van der Waals surface area contributed by atoms with Crippen LogP contribution in [-0.4, -0.2) is 43.6 Å². The lowest BCUT2D eigenvalue weighted by Gasteiger charge is -2.38. The number of carbonyl (C=O) groups excluding carboxylic acids is 1. The second-order valence-electron chi connectivity index (χ2n) is 5.78. The Morgan fingerprint density at radius 2 is 2.19 bits per heavy atom. The highest BCUT2D eigenvalue weighted by atomic mass is 16.5. The normalized spacial score (nSPS) is 22.3. The van der Waals surface area contributed by atoms with Crippen molar-refractivity contribution >= 4 is 5.91 Å². The van der Waals surface area contributed by atoms with Gasteiger partial charge in [0.15, 0.2) is 0 Å². The molecule has 0 saturated carbocycles. The third-order valence-corrected chi connectivity index (χ3v) is 4.11. The standard InChI is InChI=1S/C17H26N2O2/c1-13-7-4-5-8-15(13)16-11-19(14(2)12-21-16)17(20)9-6-10-18-3/h4-5,7-8,14,16,18H,6,9-12H2,1-3H3/t14-,16-/m0/s1. The molecule has 4 heteroatoms. The fraction of sp³-hybridized carbons (Fsp3) is 0.588. The number of ether oxygens (including phenoxy) is 1. The summed E-state index contributed by atoms with van der Waals surface area (Å²) in [7, 11) is 1.91. The highest BCUT2D eigenvalue weighted by Gasteiger charge is 2.30. The summed E-state index contributed by atoms with van der Waals surface area (Å²) in [4.78, 5) is 14.4. The summed E-state index contributed by atoms with van der Waals surface area (Å²) in [5.41, 5.74) is 2.41. The van der Waals surface area contributed by atoms with Crippen LogP contribution in [0.1, 0.15) is 37.0 Å². The number of hydrogen-bond acceptors (Lipinski definition) is 3. The number of rotatable bonds is 5. The summed E-state index contributed by atoms with van der Waals surface area (Å²) in [6.07, 6.45) is 1.48. The minimum atomic E-state index is -0.00403. The lowest BCUT2D eigenvalue weighted by atomic mass is 10.0. The molecule has 1 heterocycles. The van der Waals surface area contributed by atoms with Crippen molar-refractivity contribution in [2.24, 2.45) is 0 Å². The Labute approximate surface area is 127 Å². The van der Waals surface area contributed by atoms with Gasteiger partial charge in [-0.1, -0.05) is 24.3 Å². The molecule has 0 spiro atoms. The van der Waals surface area contributed by atoms with Gasteiger partial charge >= 0.3 is 0 Å². The first-order valence-electron chi connectivity index (χ1n) is 7.74. The summed E-state index contributed by atoms with van der Waals surface area (Å²) in [5.74, 6) is 0.236. The van der Waals surface area contributed by atoms with E-state index in [1.165, 1.54) is 11.1 Å². The van der Waals surface area contributed by atoms with Crippen molar-refractivity contribution in [1.29, 1.82) is 0 Å². The Morgan fingerprint density at radius 3 is 2.90 bits per heavy atom. The maximum absolute atomic E-state index is 12.4. The van der Waals surface area contributed by atoms with Crippen molar-refractivity contribution in [3.05, 3.63) is 35.4 Å². The van der Waals surface area contributed by atoms with Crippen LogP contribution >= 0.6 is 0 Å². The van der Waals surface area contributed by atoms with Crippen molar-refractivity contribution in [2.75, 3.05) is 26.7 Å². The summed E-state index contributed by atoms with van der Waals surface area (Å²) in [5, 5.41) is 3.08. The molecule has 0 aliphatic carbocycles. The largest absolute Gasteiger partial charge is 0.370 e. The zero-order valence-corrected chi connectivity index (χ0v) is 13.3. The molecule has 21 heavy (non-hydrogen) atoms. The lowest BCUT2D eigenvalue weighted by Crippen LogP contribution is -2.48. The van der Waals surface area contributed by atoms with Crippen LogP contribution in [-0.2, 0) is 9.53 Å². The number of hydrogen-bond donors (Lipinski definition) is 1. The Morgan fingerprint density at radius 1 is 1.43 bits per heavy atom. The van der Waals surface area contributed by atoms with Gasteiger partial charge < -0.3 is 15.0 Å². The molecule has 0 aromatic heterocycles. The van der Waals surface area contributed by atoms with Gasteiger partial charge in [0.05, 0.1) is 19.2 Å². The first kappa shape index (κ1) is 16.0. The van der Waals surface area contributed by atoms with Gasteiger partial charge in [-0.3, -0.25) is 4.79 Å². The number of aryl methyl sites for hydroxylation is 1. The van der Waals surface area contributed by atoms with Gasteiger partial charge in [-0.15, -0.1) is 0 Å². The molecule has 2 atom stereocenters. The van der Waals surface area contributed by atoms with Crippen LogP contribution in [0.3, 0.4) is 0 Å². The van der Waals surface area contributed by atoms with Crippen LogP contribution in [0.5, 0.6) is 0 Å². The van der Waals surface area contributed by atoms with Gasteiger partial charge in [-0.2, -0.15) is 0 Å². The monoisotopic (exact) mass is 290 g/mol. The van der Waals surface area contributed by atoms with Crippen LogP contribution in [0.4, 0.5) is 0 Å². The van der Waals surface area contributed by atoms with E-state index in [1.54, 1.807) is 0 Å². The third kappa shape index (κ3) is 4.05. The van der Waals surface area contributed by atoms with E-state index in [0.29, 0.717) is 19.6 Å². The van der Waals surface area contributed by atoms with E-state index < -0.39 is 0 Å². The van der Waals surface area contributed by atoms with Crippen molar-refractivity contribution in [3.8, 4) is 0 Å². The van der Waals surface area contributed by atoms with Crippen LogP contribution in [0.25, 0.3) is 0 Å². The second-order valence-corrected chi connectivity index (χ2v) is 5.78. The Balaban J connectivity index is 2.02. The quantitative estimate of drug-likeness (QED) is 0.846. The minimum absolute atomic E-state index is 0.00403. The minimum Gasteiger partial charge on any atom is -0.370 e. The number of carbonyl (C=O) groups is 1. The molecule has 0 radical (unpaired) electrons.